The summed E-state index contributed by atoms with van der Waals surface area (Å²) in [5.41, 5.74) is 2.32. The van der Waals surface area contributed by atoms with Gasteiger partial charge in [-0.05, 0) is 64.5 Å². The van der Waals surface area contributed by atoms with Crippen LogP contribution in [0.25, 0.3) is 0 Å². The lowest BCUT2D eigenvalue weighted by Crippen LogP contribution is -2.34. The maximum Gasteiger partial charge on any atom is 0.0501 e. The Morgan fingerprint density at radius 1 is 1.05 bits per heavy atom. The molecule has 1 nitrogen and oxygen atoms in total. The second kappa shape index (κ2) is 5.97. The number of halogens is 3. The van der Waals surface area contributed by atoms with Crippen LogP contribution >= 0.6 is 39.1 Å². The van der Waals surface area contributed by atoms with Crippen molar-refractivity contribution in [1.82, 2.24) is 0 Å². The van der Waals surface area contributed by atoms with Gasteiger partial charge in [0.05, 0.1) is 5.69 Å². The Morgan fingerprint density at radius 2 is 1.80 bits per heavy atom. The number of anilines is 1. The molecule has 0 saturated heterocycles. The van der Waals surface area contributed by atoms with Crippen LogP contribution in [0.2, 0.25) is 10.0 Å². The molecule has 1 N–H and O–H groups in total. The van der Waals surface area contributed by atoms with E-state index < -0.39 is 0 Å². The number of hydrogen-bond acceptors (Lipinski definition) is 1. The highest BCUT2D eigenvalue weighted by Crippen LogP contribution is 2.42. The van der Waals surface area contributed by atoms with Crippen LogP contribution in [0, 0.1) is 0 Å². The van der Waals surface area contributed by atoms with Crippen molar-refractivity contribution in [1.29, 1.82) is 0 Å². The molecule has 20 heavy (non-hydrogen) atoms. The van der Waals surface area contributed by atoms with Gasteiger partial charge in [-0.1, -0.05) is 41.4 Å². The van der Waals surface area contributed by atoms with Crippen molar-refractivity contribution < 1.29 is 0 Å². The normalized spacial score (nSPS) is 21.4. The third kappa shape index (κ3) is 2.98. The van der Waals surface area contributed by atoms with Gasteiger partial charge in [-0.15, -0.1) is 0 Å². The highest BCUT2D eigenvalue weighted by atomic mass is 79.9. The molecule has 0 bridgehead atoms. The zero-order chi connectivity index (χ0) is 14.1. The lowest BCUT2D eigenvalue weighted by molar-refractivity contribution is 0.374. The largest absolute Gasteiger partial charge is 0.381 e. The van der Waals surface area contributed by atoms with Crippen molar-refractivity contribution in [2.75, 3.05) is 5.32 Å². The fourth-order valence-electron chi connectivity index (χ4n) is 2.62. The second-order valence-corrected chi connectivity index (χ2v) is 6.85. The molecule has 0 radical (unpaired) electrons. The van der Waals surface area contributed by atoms with Gasteiger partial charge in [-0.3, -0.25) is 0 Å². The number of nitrogens with one attached hydrogen (secondary N) is 1. The van der Waals surface area contributed by atoms with Crippen LogP contribution in [0.1, 0.15) is 24.3 Å². The SMILES string of the molecule is Clc1ccc(Br)c(NC2CC(c3ccccc3Cl)C2)c1. The molecular weight excluding hydrogens is 357 g/mol. The molecule has 1 aliphatic rings. The van der Waals surface area contributed by atoms with E-state index in [9.17, 15) is 0 Å². The Labute approximate surface area is 137 Å². The lowest BCUT2D eigenvalue weighted by Gasteiger charge is -2.37. The van der Waals surface area contributed by atoms with Crippen molar-refractivity contribution in [3.05, 3.63) is 62.5 Å². The van der Waals surface area contributed by atoms with Crippen molar-refractivity contribution in [3.8, 4) is 0 Å². The van der Waals surface area contributed by atoms with Crippen molar-refractivity contribution in [2.45, 2.75) is 24.8 Å². The Morgan fingerprint density at radius 3 is 2.55 bits per heavy atom. The van der Waals surface area contributed by atoms with Crippen LogP contribution in [-0.2, 0) is 0 Å². The third-order valence-corrected chi connectivity index (χ3v) is 5.04. The fraction of sp³-hybridized carbons (Fsp3) is 0.250. The molecule has 1 fully saturated rings. The van der Waals surface area contributed by atoms with E-state index in [0.29, 0.717) is 12.0 Å². The molecule has 4 heteroatoms. The maximum atomic E-state index is 6.24. The van der Waals surface area contributed by atoms with E-state index in [1.54, 1.807) is 0 Å². The summed E-state index contributed by atoms with van der Waals surface area (Å²) in [4.78, 5) is 0. The summed E-state index contributed by atoms with van der Waals surface area (Å²) in [5.74, 6) is 0.555. The van der Waals surface area contributed by atoms with Crippen LogP contribution in [-0.4, -0.2) is 6.04 Å². The first kappa shape index (κ1) is 14.2. The summed E-state index contributed by atoms with van der Waals surface area (Å²) in [5, 5.41) is 5.16. The first-order valence-corrected chi connectivity index (χ1v) is 8.14. The minimum Gasteiger partial charge on any atom is -0.381 e. The Hall–Kier alpha value is -0.700. The minimum absolute atomic E-state index is 0.478. The predicted molar refractivity (Wildman–Crippen MR) is 90.0 cm³/mol. The molecule has 0 aromatic heterocycles. The highest BCUT2D eigenvalue weighted by molar-refractivity contribution is 9.10. The van der Waals surface area contributed by atoms with Crippen LogP contribution in [0.15, 0.2) is 46.9 Å². The molecule has 0 atom stereocenters. The van der Waals surface area contributed by atoms with E-state index in [0.717, 1.165) is 33.0 Å². The monoisotopic (exact) mass is 369 g/mol. The second-order valence-electron chi connectivity index (χ2n) is 5.16. The first-order valence-electron chi connectivity index (χ1n) is 6.59. The summed E-state index contributed by atoms with van der Waals surface area (Å²) in [7, 11) is 0. The van der Waals surface area contributed by atoms with E-state index in [-0.39, 0.29) is 0 Å². The predicted octanol–water partition coefficient (Wildman–Crippen LogP) is 6.11. The first-order chi connectivity index (χ1) is 9.63. The topological polar surface area (TPSA) is 12.0 Å². The molecule has 2 aromatic carbocycles. The van der Waals surface area contributed by atoms with Gasteiger partial charge in [-0.2, -0.15) is 0 Å². The number of hydrogen-bond donors (Lipinski definition) is 1. The van der Waals surface area contributed by atoms with E-state index >= 15 is 0 Å². The van der Waals surface area contributed by atoms with Crippen LogP contribution in [0.5, 0.6) is 0 Å². The zero-order valence-corrected chi connectivity index (χ0v) is 13.8. The van der Waals surface area contributed by atoms with Crippen molar-refractivity contribution >= 4 is 44.8 Å². The maximum absolute atomic E-state index is 6.24. The molecule has 0 unspecified atom stereocenters. The summed E-state index contributed by atoms with van der Waals surface area (Å²) in [6, 6.07) is 14.4. The van der Waals surface area contributed by atoms with E-state index in [1.807, 2.05) is 30.3 Å². The molecule has 0 spiro atoms. The quantitative estimate of drug-likeness (QED) is 0.686. The highest BCUT2D eigenvalue weighted by Gasteiger charge is 2.31. The minimum atomic E-state index is 0.478. The zero-order valence-electron chi connectivity index (χ0n) is 10.7. The van der Waals surface area contributed by atoms with E-state index in [1.165, 1.54) is 5.56 Å². The van der Waals surface area contributed by atoms with Gasteiger partial charge in [0.1, 0.15) is 0 Å². The van der Waals surface area contributed by atoms with Gasteiger partial charge in [0.15, 0.2) is 0 Å². The molecule has 0 aliphatic heterocycles. The van der Waals surface area contributed by atoms with Crippen molar-refractivity contribution in [2.24, 2.45) is 0 Å². The van der Waals surface area contributed by atoms with Gasteiger partial charge in [0, 0.05) is 20.6 Å². The number of benzene rings is 2. The standard InChI is InChI=1S/C16H14BrCl2N/c17-14-6-5-11(18)9-16(14)20-12-7-10(8-12)13-3-1-2-4-15(13)19/h1-6,9-10,12,20H,7-8H2. The Kier molecular flexibility index (Phi) is 4.25. The summed E-state index contributed by atoms with van der Waals surface area (Å²) in [6.45, 7) is 0. The Bertz CT molecular complexity index is 624. The Balaban J connectivity index is 1.64. The molecule has 104 valence electrons. The molecule has 2 aromatic rings. The van der Waals surface area contributed by atoms with Gasteiger partial charge < -0.3 is 5.32 Å². The third-order valence-electron chi connectivity index (χ3n) is 3.77. The van der Waals surface area contributed by atoms with E-state index in [2.05, 4.69) is 33.4 Å². The summed E-state index contributed by atoms with van der Waals surface area (Å²) in [6.07, 6.45) is 2.20. The molecule has 0 amide bonds. The molecule has 1 aliphatic carbocycles. The molecule has 1 saturated carbocycles. The fourth-order valence-corrected chi connectivity index (χ4v) is 3.45. The summed E-state index contributed by atoms with van der Waals surface area (Å²) < 4.78 is 1.04. The smallest absolute Gasteiger partial charge is 0.0501 e. The molecular formula is C16H14BrCl2N. The van der Waals surface area contributed by atoms with E-state index in [4.69, 9.17) is 23.2 Å². The van der Waals surface area contributed by atoms with Crippen LogP contribution in [0.4, 0.5) is 5.69 Å². The van der Waals surface area contributed by atoms with Gasteiger partial charge >= 0.3 is 0 Å². The van der Waals surface area contributed by atoms with Gasteiger partial charge in [0.2, 0.25) is 0 Å². The molecule has 0 heterocycles. The van der Waals surface area contributed by atoms with Crippen LogP contribution in [0.3, 0.4) is 0 Å². The van der Waals surface area contributed by atoms with Crippen molar-refractivity contribution in [3.63, 3.8) is 0 Å². The van der Waals surface area contributed by atoms with Crippen LogP contribution < -0.4 is 5.32 Å². The number of rotatable bonds is 3. The summed E-state index contributed by atoms with van der Waals surface area (Å²) >= 11 is 15.8. The molecule has 3 rings (SSSR count). The van der Waals surface area contributed by atoms with Gasteiger partial charge in [0.25, 0.3) is 0 Å². The lowest BCUT2D eigenvalue weighted by atomic mass is 9.76. The average Bonchev–Trinajstić information content (AvgIpc) is 2.38. The van der Waals surface area contributed by atoms with Gasteiger partial charge in [-0.25, -0.2) is 0 Å². The average molecular weight is 371 g/mol.